The molecule has 0 unspecified atom stereocenters. The van der Waals surface area contributed by atoms with E-state index in [1.54, 1.807) is 30.3 Å². The highest BCUT2D eigenvalue weighted by Crippen LogP contribution is 2.28. The maximum absolute atomic E-state index is 13.6. The van der Waals surface area contributed by atoms with Gasteiger partial charge in [-0.05, 0) is 68.8 Å². The smallest absolute Gasteiger partial charge is 0.264 e. The Bertz CT molecular complexity index is 1280. The molecular formula is C27H31N3O4S. The number of hydrogen-bond donors (Lipinski definition) is 1. The summed E-state index contributed by atoms with van der Waals surface area (Å²) in [5.41, 5.74) is 4.91. The van der Waals surface area contributed by atoms with Gasteiger partial charge in [-0.3, -0.25) is 9.10 Å². The van der Waals surface area contributed by atoms with E-state index in [2.05, 4.69) is 10.2 Å². The zero-order valence-electron chi connectivity index (χ0n) is 20.3. The lowest BCUT2D eigenvalue weighted by Crippen LogP contribution is -2.38. The van der Waals surface area contributed by atoms with Crippen LogP contribution in [0.1, 0.15) is 16.7 Å². The maximum Gasteiger partial charge on any atom is 0.264 e. The second kappa shape index (κ2) is 10.5. The van der Waals surface area contributed by atoms with E-state index in [4.69, 9.17) is 4.74 Å². The molecule has 0 saturated carbocycles. The van der Waals surface area contributed by atoms with Gasteiger partial charge in [0, 0.05) is 24.5 Å². The Morgan fingerprint density at radius 1 is 0.914 bits per heavy atom. The fourth-order valence-electron chi connectivity index (χ4n) is 4.13. The van der Waals surface area contributed by atoms with Crippen molar-refractivity contribution in [1.29, 1.82) is 0 Å². The molecule has 1 heterocycles. The van der Waals surface area contributed by atoms with Crippen molar-refractivity contribution >= 4 is 33.0 Å². The van der Waals surface area contributed by atoms with Gasteiger partial charge in [0.1, 0.15) is 6.54 Å². The summed E-state index contributed by atoms with van der Waals surface area (Å²) in [4.78, 5) is 15.4. The van der Waals surface area contributed by atoms with Gasteiger partial charge < -0.3 is 15.0 Å². The number of ether oxygens (including phenoxy) is 1. The third-order valence-corrected chi connectivity index (χ3v) is 7.82. The number of amides is 1. The van der Waals surface area contributed by atoms with Crippen LogP contribution in [-0.4, -0.2) is 47.2 Å². The Balaban J connectivity index is 1.57. The minimum atomic E-state index is -3.96. The van der Waals surface area contributed by atoms with Crippen LogP contribution in [0, 0.1) is 20.8 Å². The highest BCUT2D eigenvalue weighted by atomic mass is 32.2. The van der Waals surface area contributed by atoms with E-state index < -0.39 is 15.9 Å². The van der Waals surface area contributed by atoms with Gasteiger partial charge in [0.15, 0.2) is 0 Å². The Morgan fingerprint density at radius 2 is 1.54 bits per heavy atom. The molecule has 0 bridgehead atoms. The molecule has 3 aromatic rings. The minimum absolute atomic E-state index is 0.144. The molecule has 1 saturated heterocycles. The maximum atomic E-state index is 13.6. The molecule has 184 valence electrons. The number of rotatable bonds is 7. The number of benzene rings is 3. The average Bonchev–Trinajstić information content (AvgIpc) is 2.84. The molecule has 1 N–H and O–H groups in total. The van der Waals surface area contributed by atoms with Crippen LogP contribution >= 0.6 is 0 Å². The van der Waals surface area contributed by atoms with Gasteiger partial charge in [-0.1, -0.05) is 35.4 Å². The summed E-state index contributed by atoms with van der Waals surface area (Å²) in [7, 11) is -3.96. The van der Waals surface area contributed by atoms with Crippen LogP contribution in [0.5, 0.6) is 0 Å². The number of sulfonamides is 1. The third-order valence-electron chi connectivity index (χ3n) is 6.04. The number of aryl methyl sites for hydroxylation is 3. The van der Waals surface area contributed by atoms with Gasteiger partial charge >= 0.3 is 0 Å². The number of anilines is 3. The van der Waals surface area contributed by atoms with Crippen LogP contribution in [-0.2, 0) is 19.6 Å². The van der Waals surface area contributed by atoms with E-state index in [0.29, 0.717) is 24.6 Å². The number of hydrogen-bond acceptors (Lipinski definition) is 5. The highest BCUT2D eigenvalue weighted by Gasteiger charge is 2.28. The van der Waals surface area contributed by atoms with Crippen molar-refractivity contribution in [2.75, 3.05) is 47.4 Å². The minimum Gasteiger partial charge on any atom is -0.378 e. The Kier molecular flexibility index (Phi) is 7.42. The van der Waals surface area contributed by atoms with Gasteiger partial charge in [-0.2, -0.15) is 0 Å². The van der Waals surface area contributed by atoms with E-state index in [9.17, 15) is 13.2 Å². The predicted octanol–water partition coefficient (Wildman–Crippen LogP) is 4.28. The van der Waals surface area contributed by atoms with E-state index in [1.165, 1.54) is 4.31 Å². The summed E-state index contributed by atoms with van der Waals surface area (Å²) >= 11 is 0. The molecule has 1 amide bonds. The normalized spacial score (nSPS) is 14.0. The van der Waals surface area contributed by atoms with Gasteiger partial charge in [-0.15, -0.1) is 0 Å². The Morgan fingerprint density at radius 3 is 2.17 bits per heavy atom. The van der Waals surface area contributed by atoms with Crippen LogP contribution in [0.25, 0.3) is 0 Å². The number of carbonyl (C=O) groups excluding carboxylic acids is 1. The summed E-state index contributed by atoms with van der Waals surface area (Å²) in [5, 5.41) is 2.85. The third kappa shape index (κ3) is 5.83. The molecule has 0 aliphatic carbocycles. The lowest BCUT2D eigenvalue weighted by molar-refractivity contribution is -0.114. The molecule has 35 heavy (non-hydrogen) atoms. The van der Waals surface area contributed by atoms with Crippen molar-refractivity contribution < 1.29 is 17.9 Å². The van der Waals surface area contributed by atoms with E-state index >= 15 is 0 Å². The van der Waals surface area contributed by atoms with Crippen LogP contribution in [0.3, 0.4) is 0 Å². The monoisotopic (exact) mass is 493 g/mol. The van der Waals surface area contributed by atoms with Gasteiger partial charge in [0.2, 0.25) is 5.91 Å². The molecule has 3 aromatic carbocycles. The van der Waals surface area contributed by atoms with Gasteiger partial charge in [0.25, 0.3) is 10.0 Å². The van der Waals surface area contributed by atoms with Crippen molar-refractivity contribution in [2.45, 2.75) is 25.7 Å². The molecule has 1 aliphatic rings. The summed E-state index contributed by atoms with van der Waals surface area (Å²) in [6.07, 6.45) is 0. The predicted molar refractivity (Wildman–Crippen MR) is 140 cm³/mol. The fourth-order valence-corrected chi connectivity index (χ4v) is 5.62. The second-order valence-corrected chi connectivity index (χ2v) is 10.7. The van der Waals surface area contributed by atoms with Crippen LogP contribution in [0.2, 0.25) is 0 Å². The zero-order valence-corrected chi connectivity index (χ0v) is 21.1. The largest absolute Gasteiger partial charge is 0.378 e. The molecule has 7 nitrogen and oxygen atoms in total. The van der Waals surface area contributed by atoms with Crippen molar-refractivity contribution in [3.63, 3.8) is 0 Å². The van der Waals surface area contributed by atoms with Gasteiger partial charge in [-0.25, -0.2) is 8.42 Å². The molecule has 4 rings (SSSR count). The molecule has 0 spiro atoms. The van der Waals surface area contributed by atoms with E-state index in [1.807, 2.05) is 57.2 Å². The molecule has 0 radical (unpaired) electrons. The van der Waals surface area contributed by atoms with Crippen molar-refractivity contribution in [1.82, 2.24) is 0 Å². The van der Waals surface area contributed by atoms with Crippen LogP contribution in [0.15, 0.2) is 71.6 Å². The average molecular weight is 494 g/mol. The first-order valence-electron chi connectivity index (χ1n) is 11.6. The molecule has 8 heteroatoms. The summed E-state index contributed by atoms with van der Waals surface area (Å²) < 4.78 is 33.8. The number of morpholine rings is 1. The number of carbonyl (C=O) groups is 1. The standard InChI is InChI=1S/C27H31N3O4S/c1-20-4-11-25(12-5-20)35(32,33)30(26-13-6-21(2)18-22(26)3)19-27(31)28-23-7-9-24(10-8-23)29-14-16-34-17-15-29/h4-13,18H,14-17,19H2,1-3H3,(H,28,31). The SMILES string of the molecule is Cc1ccc(S(=O)(=O)N(CC(=O)Nc2ccc(N3CCOCC3)cc2)c2ccc(C)cc2C)cc1. The molecule has 1 aliphatic heterocycles. The van der Waals surface area contributed by atoms with Gasteiger partial charge in [0.05, 0.1) is 23.8 Å². The molecule has 1 fully saturated rings. The van der Waals surface area contributed by atoms with Crippen molar-refractivity contribution in [2.24, 2.45) is 0 Å². The van der Waals surface area contributed by atoms with E-state index in [0.717, 1.165) is 35.5 Å². The topological polar surface area (TPSA) is 79.0 Å². The summed E-state index contributed by atoms with van der Waals surface area (Å²) in [6, 6.07) is 19.7. The van der Waals surface area contributed by atoms with Crippen LogP contribution < -0.4 is 14.5 Å². The number of nitrogens with zero attached hydrogens (tertiary/aromatic N) is 2. The quantitative estimate of drug-likeness (QED) is 0.532. The fraction of sp³-hybridized carbons (Fsp3) is 0.296. The lowest BCUT2D eigenvalue weighted by Gasteiger charge is -2.29. The zero-order chi connectivity index (χ0) is 25.0. The van der Waals surface area contributed by atoms with Crippen LogP contribution in [0.4, 0.5) is 17.1 Å². The Labute approximate surface area is 207 Å². The van der Waals surface area contributed by atoms with Crippen molar-refractivity contribution in [3.05, 3.63) is 83.4 Å². The first-order chi connectivity index (χ1) is 16.7. The number of nitrogens with one attached hydrogen (secondary N) is 1. The Hall–Kier alpha value is -3.36. The molecule has 0 aromatic heterocycles. The second-order valence-electron chi connectivity index (χ2n) is 8.81. The summed E-state index contributed by atoms with van der Waals surface area (Å²) in [6.45, 7) is 8.40. The lowest BCUT2D eigenvalue weighted by atomic mass is 10.1. The first-order valence-corrected chi connectivity index (χ1v) is 13.1. The van der Waals surface area contributed by atoms with Crippen molar-refractivity contribution in [3.8, 4) is 0 Å². The molecule has 0 atom stereocenters. The summed E-state index contributed by atoms with van der Waals surface area (Å²) in [5.74, 6) is -0.417. The highest BCUT2D eigenvalue weighted by molar-refractivity contribution is 7.92. The van der Waals surface area contributed by atoms with E-state index in [-0.39, 0.29) is 11.4 Å². The first kappa shape index (κ1) is 24.8. The molecular weight excluding hydrogens is 462 g/mol.